The van der Waals surface area contributed by atoms with Crippen LogP contribution in [0.4, 0.5) is 0 Å². The Morgan fingerprint density at radius 2 is 1.39 bits per heavy atom. The summed E-state index contributed by atoms with van der Waals surface area (Å²) >= 11 is 0. The van der Waals surface area contributed by atoms with Crippen LogP contribution in [0.25, 0.3) is 22.4 Å². The Morgan fingerprint density at radius 3 is 2.07 bits per heavy atom. The molecule has 6 rings (SSSR count). The van der Waals surface area contributed by atoms with Gasteiger partial charge in [-0.05, 0) is 56.7 Å². The molecule has 1 N–H and O–H groups in total. The molecule has 3 aliphatic rings. The van der Waals surface area contributed by atoms with Gasteiger partial charge in [-0.25, -0.2) is 4.98 Å². The van der Waals surface area contributed by atoms with E-state index >= 15 is 0 Å². The Balaban J connectivity index is 1.39. The standard InChI is InChI=1S/C33H42N4O4/c38-30-19-11-18-29(35(30)22-31(39)40)32-33(41)37(28-17-9-8-16-27(28)34-32)26-20-24-14-10-15-25(21-26)36(24)23-12-6-4-2-1-3-5-7-13-23/h8-9,11,16-19,23-26H,1-7,10,12-15,20-22H2,(H,39,40)/t24-,25+,26-. The Labute approximate surface area is 241 Å². The van der Waals surface area contributed by atoms with Crippen molar-refractivity contribution < 1.29 is 9.90 Å². The van der Waals surface area contributed by atoms with E-state index in [1.807, 2.05) is 28.8 Å². The topological polar surface area (TPSA) is 97.4 Å². The van der Waals surface area contributed by atoms with Crippen LogP contribution < -0.4 is 11.1 Å². The molecule has 8 heteroatoms. The van der Waals surface area contributed by atoms with Crippen molar-refractivity contribution in [1.29, 1.82) is 0 Å². The Morgan fingerprint density at radius 1 is 0.756 bits per heavy atom. The van der Waals surface area contributed by atoms with Crippen LogP contribution >= 0.6 is 0 Å². The third kappa shape index (κ3) is 5.76. The number of aromatic nitrogens is 3. The first-order valence-corrected chi connectivity index (χ1v) is 15.7. The van der Waals surface area contributed by atoms with Crippen molar-refractivity contribution in [2.24, 2.45) is 0 Å². The van der Waals surface area contributed by atoms with E-state index in [4.69, 9.17) is 4.98 Å². The quantitative estimate of drug-likeness (QED) is 0.428. The maximum absolute atomic E-state index is 14.3. The van der Waals surface area contributed by atoms with Crippen LogP contribution in [0, 0.1) is 0 Å². The van der Waals surface area contributed by atoms with E-state index in [1.165, 1.54) is 83.1 Å². The number of benzene rings is 1. The second-order valence-corrected chi connectivity index (χ2v) is 12.4. The van der Waals surface area contributed by atoms with Gasteiger partial charge in [0.2, 0.25) is 0 Å². The van der Waals surface area contributed by atoms with Crippen molar-refractivity contribution in [3.8, 4) is 11.4 Å². The van der Waals surface area contributed by atoms with Crippen LogP contribution in [0.15, 0.2) is 52.1 Å². The lowest BCUT2D eigenvalue weighted by Crippen LogP contribution is -2.57. The second kappa shape index (κ2) is 12.3. The van der Waals surface area contributed by atoms with E-state index in [-0.39, 0.29) is 23.0 Å². The molecule has 8 nitrogen and oxygen atoms in total. The van der Waals surface area contributed by atoms with E-state index in [1.54, 1.807) is 12.1 Å². The number of hydrogen-bond acceptors (Lipinski definition) is 5. The van der Waals surface area contributed by atoms with Crippen LogP contribution in [-0.4, -0.2) is 48.2 Å². The number of pyridine rings is 1. The zero-order valence-electron chi connectivity index (χ0n) is 23.9. The third-order valence-corrected chi connectivity index (χ3v) is 9.75. The molecular weight excluding hydrogens is 516 g/mol. The zero-order chi connectivity index (χ0) is 28.3. The summed E-state index contributed by atoms with van der Waals surface area (Å²) in [5.41, 5.74) is 1.17. The normalized spacial score (nSPS) is 24.7. The highest BCUT2D eigenvalue weighted by atomic mass is 16.4. The minimum atomic E-state index is -1.14. The van der Waals surface area contributed by atoms with Gasteiger partial charge in [-0.3, -0.25) is 23.9 Å². The van der Waals surface area contributed by atoms with Crippen molar-refractivity contribution in [3.63, 3.8) is 0 Å². The van der Waals surface area contributed by atoms with E-state index in [2.05, 4.69) is 4.90 Å². The van der Waals surface area contributed by atoms with Gasteiger partial charge in [-0.1, -0.05) is 69.6 Å². The average molecular weight is 559 g/mol. The molecule has 2 bridgehead atoms. The van der Waals surface area contributed by atoms with Gasteiger partial charge in [0.25, 0.3) is 11.1 Å². The first kappa shape index (κ1) is 27.9. The second-order valence-electron chi connectivity index (χ2n) is 12.4. The van der Waals surface area contributed by atoms with Crippen LogP contribution in [-0.2, 0) is 11.3 Å². The van der Waals surface area contributed by atoms with Crippen LogP contribution in [0.3, 0.4) is 0 Å². The molecule has 1 saturated carbocycles. The van der Waals surface area contributed by atoms with E-state index < -0.39 is 18.1 Å². The smallest absolute Gasteiger partial charge is 0.323 e. The molecule has 3 atom stereocenters. The number of piperidine rings is 2. The lowest BCUT2D eigenvalue weighted by Gasteiger charge is -2.53. The average Bonchev–Trinajstić information content (AvgIpc) is 2.96. The molecule has 41 heavy (non-hydrogen) atoms. The number of carboxylic acid groups (broad SMARTS) is 1. The van der Waals surface area contributed by atoms with Crippen molar-refractivity contribution in [2.75, 3.05) is 0 Å². The maximum atomic E-state index is 14.3. The van der Waals surface area contributed by atoms with Gasteiger partial charge in [0.15, 0.2) is 5.69 Å². The largest absolute Gasteiger partial charge is 0.480 e. The molecule has 2 aromatic heterocycles. The van der Waals surface area contributed by atoms with Gasteiger partial charge in [0.1, 0.15) is 6.54 Å². The number of carboxylic acids is 1. The first-order valence-electron chi connectivity index (χ1n) is 15.7. The Hall–Kier alpha value is -3.26. The Kier molecular flexibility index (Phi) is 8.37. The SMILES string of the molecule is O=C(O)Cn1c(-c2nc3ccccc3n([C@@H]3C[C@H]4CCC[C@@H](C3)N4C3CCCCCCCCC3)c2=O)cccc1=O. The van der Waals surface area contributed by atoms with Gasteiger partial charge in [0.05, 0.1) is 16.7 Å². The monoisotopic (exact) mass is 558 g/mol. The molecule has 0 spiro atoms. The van der Waals surface area contributed by atoms with Crippen molar-refractivity contribution in [3.05, 3.63) is 63.2 Å². The minimum Gasteiger partial charge on any atom is -0.480 e. The number of nitrogens with zero attached hydrogens (tertiary/aromatic N) is 4. The van der Waals surface area contributed by atoms with Crippen LogP contribution in [0.1, 0.15) is 95.9 Å². The van der Waals surface area contributed by atoms with E-state index in [0.717, 1.165) is 22.9 Å². The predicted molar refractivity (Wildman–Crippen MR) is 160 cm³/mol. The Bertz CT molecular complexity index is 1490. The number of hydrogen-bond donors (Lipinski definition) is 1. The summed E-state index contributed by atoms with van der Waals surface area (Å²) in [5.74, 6) is -1.14. The molecule has 2 aliphatic heterocycles. The number of para-hydroxylation sites is 2. The summed E-state index contributed by atoms with van der Waals surface area (Å²) in [6.07, 6.45) is 17.4. The highest BCUT2D eigenvalue weighted by Crippen LogP contribution is 2.42. The highest BCUT2D eigenvalue weighted by Gasteiger charge is 2.42. The molecule has 0 unspecified atom stereocenters. The summed E-state index contributed by atoms with van der Waals surface area (Å²) in [7, 11) is 0. The molecule has 2 saturated heterocycles. The number of aliphatic carboxylic acids is 1. The summed E-state index contributed by atoms with van der Waals surface area (Å²) in [6, 6.07) is 13.8. The summed E-state index contributed by atoms with van der Waals surface area (Å²) in [5, 5.41) is 9.48. The lowest BCUT2D eigenvalue weighted by atomic mass is 9.79. The van der Waals surface area contributed by atoms with E-state index in [9.17, 15) is 19.5 Å². The van der Waals surface area contributed by atoms with E-state index in [0.29, 0.717) is 23.6 Å². The van der Waals surface area contributed by atoms with Crippen molar-refractivity contribution in [2.45, 2.75) is 121 Å². The minimum absolute atomic E-state index is 0.0311. The molecule has 0 amide bonds. The molecular formula is C33H42N4O4. The van der Waals surface area contributed by atoms with Gasteiger partial charge in [0, 0.05) is 30.2 Å². The lowest BCUT2D eigenvalue weighted by molar-refractivity contribution is -0.137. The van der Waals surface area contributed by atoms with Gasteiger partial charge in [-0.2, -0.15) is 0 Å². The first-order chi connectivity index (χ1) is 20.0. The fourth-order valence-corrected chi connectivity index (χ4v) is 7.99. The predicted octanol–water partition coefficient (Wildman–Crippen LogP) is 5.76. The zero-order valence-corrected chi connectivity index (χ0v) is 23.9. The molecule has 1 aliphatic carbocycles. The third-order valence-electron chi connectivity index (χ3n) is 9.75. The summed E-state index contributed by atoms with van der Waals surface area (Å²) in [6.45, 7) is -0.521. The molecule has 3 aromatic rings. The summed E-state index contributed by atoms with van der Waals surface area (Å²) in [4.78, 5) is 46.2. The van der Waals surface area contributed by atoms with Gasteiger partial charge >= 0.3 is 5.97 Å². The van der Waals surface area contributed by atoms with Crippen LogP contribution in [0.5, 0.6) is 0 Å². The molecule has 1 aromatic carbocycles. The fourth-order valence-electron chi connectivity index (χ4n) is 7.99. The number of carbonyl (C=O) groups is 1. The van der Waals surface area contributed by atoms with Crippen LogP contribution in [0.2, 0.25) is 0 Å². The maximum Gasteiger partial charge on any atom is 0.323 e. The summed E-state index contributed by atoms with van der Waals surface area (Å²) < 4.78 is 3.07. The molecule has 3 fully saturated rings. The number of fused-ring (bicyclic) bond motifs is 3. The number of rotatable bonds is 5. The van der Waals surface area contributed by atoms with Gasteiger partial charge in [-0.15, -0.1) is 0 Å². The van der Waals surface area contributed by atoms with Gasteiger partial charge < -0.3 is 9.67 Å². The molecule has 218 valence electrons. The van der Waals surface area contributed by atoms with Crippen molar-refractivity contribution in [1.82, 2.24) is 19.0 Å². The van der Waals surface area contributed by atoms with Crippen molar-refractivity contribution >= 4 is 17.0 Å². The molecule has 0 radical (unpaired) electrons. The highest BCUT2D eigenvalue weighted by molar-refractivity contribution is 5.78. The molecule has 4 heterocycles. The fraction of sp³-hybridized carbons (Fsp3) is 0.576.